The maximum absolute atomic E-state index is 13.7. The second-order valence-electron chi connectivity index (χ2n) is 14.9. The molecule has 52 heavy (non-hydrogen) atoms. The zero-order valence-corrected chi connectivity index (χ0v) is 31.4. The van der Waals surface area contributed by atoms with Crippen molar-refractivity contribution in [2.75, 3.05) is 28.3 Å². The van der Waals surface area contributed by atoms with Crippen molar-refractivity contribution in [2.24, 2.45) is 16.7 Å². The van der Waals surface area contributed by atoms with Gasteiger partial charge in [0.2, 0.25) is 5.89 Å². The van der Waals surface area contributed by atoms with E-state index in [0.717, 1.165) is 16.6 Å². The molecule has 0 aliphatic heterocycles. The maximum atomic E-state index is 13.7. The molecule has 0 bridgehead atoms. The first-order valence-electron chi connectivity index (χ1n) is 17.0. The topological polar surface area (TPSA) is 151 Å². The van der Waals surface area contributed by atoms with Crippen molar-refractivity contribution in [1.82, 2.24) is 25.6 Å². The lowest BCUT2D eigenvalue weighted by Gasteiger charge is -2.30. The van der Waals surface area contributed by atoms with Gasteiger partial charge in [-0.3, -0.25) is 9.59 Å². The fourth-order valence-corrected chi connectivity index (χ4v) is 6.51. The molecule has 3 atom stereocenters. The molecule has 5 aromatic rings. The van der Waals surface area contributed by atoms with Gasteiger partial charge in [0.1, 0.15) is 11.6 Å². The van der Waals surface area contributed by atoms with Crippen LogP contribution in [-0.2, 0) is 25.5 Å². The highest BCUT2D eigenvalue weighted by atomic mass is 19.1. The van der Waals surface area contributed by atoms with Gasteiger partial charge < -0.3 is 34.5 Å². The van der Waals surface area contributed by atoms with E-state index < -0.39 is 17.9 Å². The number of esters is 2. The largest absolute Gasteiger partial charge is 0.469 e. The third-order valence-electron chi connectivity index (χ3n) is 8.97. The first-order chi connectivity index (χ1) is 24.4. The van der Waals surface area contributed by atoms with Crippen LogP contribution in [0.1, 0.15) is 75.9 Å². The molecule has 0 saturated carbocycles. The number of nitrogens with zero attached hydrogens (tertiary/aromatic N) is 1. The molecule has 1 unspecified atom stereocenters. The lowest BCUT2D eigenvalue weighted by atomic mass is 9.81. The lowest BCUT2D eigenvalue weighted by molar-refractivity contribution is -0.147. The Balaban J connectivity index is 0.000000233. The lowest BCUT2D eigenvalue weighted by Crippen LogP contribution is -2.45. The number of aromatic nitrogens is 3. The second kappa shape index (κ2) is 16.2. The van der Waals surface area contributed by atoms with Gasteiger partial charge in [0, 0.05) is 46.2 Å². The van der Waals surface area contributed by atoms with Crippen LogP contribution >= 0.6 is 0 Å². The fraction of sp³-hybridized carbons (Fsp3) is 0.436. The first-order valence-corrected chi connectivity index (χ1v) is 17.0. The van der Waals surface area contributed by atoms with Crippen LogP contribution in [0.25, 0.3) is 33.1 Å². The zero-order chi connectivity index (χ0) is 38.5. The van der Waals surface area contributed by atoms with Gasteiger partial charge in [-0.1, -0.05) is 41.5 Å². The van der Waals surface area contributed by atoms with Crippen molar-refractivity contribution >= 4 is 39.5 Å². The van der Waals surface area contributed by atoms with E-state index in [0.29, 0.717) is 28.6 Å². The third-order valence-corrected chi connectivity index (χ3v) is 8.97. The number of rotatable bonds is 11. The van der Waals surface area contributed by atoms with Crippen LogP contribution in [0.4, 0.5) is 8.78 Å². The molecule has 11 nitrogen and oxygen atoms in total. The number of likely N-dealkylation sites (N-methyl/N-ethyl adjacent to an activating group) is 1. The Kier molecular flexibility index (Phi) is 12.4. The highest BCUT2D eigenvalue weighted by Gasteiger charge is 2.35. The third kappa shape index (κ3) is 8.94. The summed E-state index contributed by atoms with van der Waals surface area (Å²) in [4.78, 5) is 47.8. The maximum Gasteiger partial charge on any atom is 0.360 e. The van der Waals surface area contributed by atoms with Crippen molar-refractivity contribution in [3.63, 3.8) is 0 Å². The van der Waals surface area contributed by atoms with Crippen LogP contribution in [-0.4, -0.2) is 67.0 Å². The van der Waals surface area contributed by atoms with Crippen LogP contribution in [0.2, 0.25) is 0 Å². The van der Waals surface area contributed by atoms with Gasteiger partial charge in [-0.2, -0.15) is 0 Å². The number of carbonyl (C=O) groups is 3. The molecule has 3 heterocycles. The van der Waals surface area contributed by atoms with E-state index in [1.54, 1.807) is 38.6 Å². The molecule has 0 spiro atoms. The summed E-state index contributed by atoms with van der Waals surface area (Å²) in [7, 11) is 6.14. The average Bonchev–Trinajstić information content (AvgIpc) is 3.80. The minimum atomic E-state index is -0.618. The summed E-state index contributed by atoms with van der Waals surface area (Å²) in [5.41, 5.74) is 2.47. The van der Waals surface area contributed by atoms with E-state index in [-0.39, 0.29) is 58.2 Å². The number of halogens is 2. The molecule has 0 aliphatic carbocycles. The summed E-state index contributed by atoms with van der Waals surface area (Å²) in [6, 6.07) is 8.28. The SMILES string of the molecule is CN[C@H](C(=O)CC(Cc1c[nH]c2ccc(F)cc12)C(=O)OC)C(C)(C)C.CN[C@H](c1nc(C(=O)OC)c(-c2c[nH]c3ccc(F)cc23)o1)C(C)(C)C. The summed E-state index contributed by atoms with van der Waals surface area (Å²) < 4.78 is 43.0. The molecule has 0 aliphatic rings. The highest BCUT2D eigenvalue weighted by molar-refractivity contribution is 6.01. The number of methoxy groups -OCH3 is 2. The predicted octanol–water partition coefficient (Wildman–Crippen LogP) is 7.29. The number of carbonyl (C=O) groups excluding carboxylic acids is 3. The van der Waals surface area contributed by atoms with Gasteiger partial charge in [-0.15, -0.1) is 0 Å². The molecule has 3 aromatic heterocycles. The quantitative estimate of drug-likeness (QED) is 0.103. The Labute approximate surface area is 302 Å². The van der Waals surface area contributed by atoms with Crippen LogP contribution in [0, 0.1) is 28.4 Å². The Morgan fingerprint density at radius 2 is 1.44 bits per heavy atom. The molecule has 280 valence electrons. The van der Waals surface area contributed by atoms with E-state index in [1.165, 1.54) is 38.5 Å². The van der Waals surface area contributed by atoms with E-state index >= 15 is 0 Å². The Morgan fingerprint density at radius 1 is 0.846 bits per heavy atom. The van der Waals surface area contributed by atoms with E-state index in [1.807, 2.05) is 41.5 Å². The summed E-state index contributed by atoms with van der Waals surface area (Å²) >= 11 is 0. The number of fused-ring (bicyclic) bond motifs is 2. The number of oxazole rings is 1. The smallest absolute Gasteiger partial charge is 0.360 e. The van der Waals surface area contributed by atoms with Gasteiger partial charge in [0.05, 0.1) is 32.2 Å². The molecule has 0 saturated heterocycles. The van der Waals surface area contributed by atoms with Crippen molar-refractivity contribution in [3.05, 3.63) is 77.6 Å². The van der Waals surface area contributed by atoms with Crippen LogP contribution in [0.15, 0.2) is 53.2 Å². The molecule has 4 N–H and O–H groups in total. The van der Waals surface area contributed by atoms with Gasteiger partial charge in [0.15, 0.2) is 17.2 Å². The Bertz CT molecular complexity index is 2030. The highest BCUT2D eigenvalue weighted by Crippen LogP contribution is 2.38. The monoisotopic (exact) mass is 721 g/mol. The molecule has 2 aromatic carbocycles. The minimum absolute atomic E-state index is 0.0404. The summed E-state index contributed by atoms with van der Waals surface area (Å²) in [6.07, 6.45) is 3.80. The van der Waals surface area contributed by atoms with E-state index in [2.05, 4.69) is 25.6 Å². The van der Waals surface area contributed by atoms with Crippen molar-refractivity contribution in [3.8, 4) is 11.3 Å². The number of hydrogen-bond acceptors (Lipinski definition) is 9. The number of hydrogen-bond donors (Lipinski definition) is 4. The summed E-state index contributed by atoms with van der Waals surface area (Å²) in [5.74, 6) is -1.78. The summed E-state index contributed by atoms with van der Waals surface area (Å²) in [5, 5.41) is 7.54. The number of H-pyrrole nitrogens is 2. The van der Waals surface area contributed by atoms with Crippen LogP contribution in [0.5, 0.6) is 0 Å². The molecule has 0 radical (unpaired) electrons. The standard InChI is InChI=1S/C20H27FN2O3.C19H22FN3O3/c1-20(2,3)18(22-4)17(24)9-12(19(25)26-5)8-13-11-23-16-7-6-14(21)10-15(13)16;1-19(2,3)16(21-4)17-23-14(18(24)25-5)15(26-17)12-9-22-13-7-6-10(20)8-11(12)13/h6-7,10-12,18,22-23H,8-9H2,1-5H3;6-9,16,21-22H,1-5H3/t12?,18-;16-/m11/s1. The van der Waals surface area contributed by atoms with Gasteiger partial charge in [0.25, 0.3) is 0 Å². The van der Waals surface area contributed by atoms with Crippen LogP contribution < -0.4 is 10.6 Å². The number of ether oxygens (including phenoxy) is 2. The number of nitrogens with one attached hydrogen (secondary N) is 4. The average molecular weight is 722 g/mol. The Hall–Kier alpha value is -4.88. The molecular formula is C39H49F2N5O6. The van der Waals surface area contributed by atoms with Crippen molar-refractivity contribution in [1.29, 1.82) is 0 Å². The van der Waals surface area contributed by atoms with E-state index in [4.69, 9.17) is 13.9 Å². The van der Waals surface area contributed by atoms with Crippen LogP contribution in [0.3, 0.4) is 0 Å². The van der Waals surface area contributed by atoms with Gasteiger partial charge in [-0.05, 0) is 73.3 Å². The summed E-state index contributed by atoms with van der Waals surface area (Å²) in [6.45, 7) is 12.0. The molecule has 13 heteroatoms. The predicted molar refractivity (Wildman–Crippen MR) is 196 cm³/mol. The fourth-order valence-electron chi connectivity index (χ4n) is 6.51. The number of ketones is 1. The van der Waals surface area contributed by atoms with Gasteiger partial charge in [-0.25, -0.2) is 18.6 Å². The Morgan fingerprint density at radius 3 is 1.98 bits per heavy atom. The number of benzene rings is 2. The first kappa shape index (κ1) is 39.9. The van der Waals surface area contributed by atoms with E-state index in [9.17, 15) is 23.2 Å². The van der Waals surface area contributed by atoms with Crippen molar-refractivity contribution in [2.45, 2.75) is 66.5 Å². The zero-order valence-electron chi connectivity index (χ0n) is 31.4. The number of Topliss-reactive ketones (excluding diaryl/α,β-unsaturated/α-hetero) is 1. The normalized spacial score (nSPS) is 13.7. The molecular weight excluding hydrogens is 672 g/mol. The molecule has 5 rings (SSSR count). The minimum Gasteiger partial charge on any atom is -0.469 e. The van der Waals surface area contributed by atoms with Crippen molar-refractivity contribution < 1.29 is 37.1 Å². The molecule has 0 amide bonds. The molecule has 0 fully saturated rings. The van der Waals surface area contributed by atoms with Gasteiger partial charge >= 0.3 is 11.9 Å². The number of aromatic amines is 2. The second-order valence-corrected chi connectivity index (χ2v) is 14.9.